The third-order valence-electron chi connectivity index (χ3n) is 5.64. The minimum atomic E-state index is -0.633. The lowest BCUT2D eigenvalue weighted by molar-refractivity contribution is -0.138. The number of piperidine rings is 1. The first-order valence-corrected chi connectivity index (χ1v) is 9.47. The van der Waals surface area contributed by atoms with Crippen molar-refractivity contribution in [3.63, 3.8) is 0 Å². The molecule has 2 aromatic rings. The van der Waals surface area contributed by atoms with E-state index in [1.807, 2.05) is 30.5 Å². The van der Waals surface area contributed by atoms with Gasteiger partial charge in [0, 0.05) is 36.6 Å². The molecule has 1 atom stereocenters. The highest BCUT2D eigenvalue weighted by Crippen LogP contribution is 2.21. The average molecular weight is 368 g/mol. The van der Waals surface area contributed by atoms with Crippen LogP contribution < -0.4 is 5.32 Å². The SMILES string of the molecule is CC1CCN(C(=O)CN2C(=O)N[C@@H](Cc3c[nH]c4ccccc34)C2=O)CC1. The number of benzene rings is 1. The molecule has 4 rings (SSSR count). The molecule has 27 heavy (non-hydrogen) atoms. The normalized spacial score (nSPS) is 21.1. The van der Waals surface area contributed by atoms with E-state index >= 15 is 0 Å². The second-order valence-electron chi connectivity index (χ2n) is 7.55. The molecular formula is C20H24N4O3. The molecule has 2 N–H and O–H groups in total. The van der Waals surface area contributed by atoms with Crippen LogP contribution in [0.2, 0.25) is 0 Å². The van der Waals surface area contributed by atoms with Gasteiger partial charge in [0.25, 0.3) is 5.91 Å². The summed E-state index contributed by atoms with van der Waals surface area (Å²) in [6.07, 6.45) is 4.21. The van der Waals surface area contributed by atoms with Gasteiger partial charge in [0.15, 0.2) is 0 Å². The summed E-state index contributed by atoms with van der Waals surface area (Å²) in [6.45, 7) is 3.39. The second-order valence-corrected chi connectivity index (χ2v) is 7.55. The highest BCUT2D eigenvalue weighted by atomic mass is 16.2. The average Bonchev–Trinajstić information content (AvgIpc) is 3.19. The Morgan fingerprint density at radius 3 is 2.70 bits per heavy atom. The molecule has 2 fully saturated rings. The Balaban J connectivity index is 1.42. The summed E-state index contributed by atoms with van der Waals surface area (Å²) in [5.74, 6) is 0.133. The van der Waals surface area contributed by atoms with Crippen LogP contribution in [0.4, 0.5) is 4.79 Å². The molecule has 142 valence electrons. The van der Waals surface area contributed by atoms with Crippen LogP contribution in [0.1, 0.15) is 25.3 Å². The third kappa shape index (κ3) is 3.41. The molecule has 7 nitrogen and oxygen atoms in total. The summed E-state index contributed by atoms with van der Waals surface area (Å²) in [7, 11) is 0. The number of rotatable bonds is 4. The van der Waals surface area contributed by atoms with Gasteiger partial charge in [-0.05, 0) is 30.4 Å². The zero-order chi connectivity index (χ0) is 19.0. The maximum Gasteiger partial charge on any atom is 0.325 e. The fraction of sp³-hybridized carbons (Fsp3) is 0.450. The van der Waals surface area contributed by atoms with Gasteiger partial charge in [-0.25, -0.2) is 4.79 Å². The molecule has 0 aliphatic carbocycles. The quantitative estimate of drug-likeness (QED) is 0.808. The van der Waals surface area contributed by atoms with Gasteiger partial charge in [0.05, 0.1) is 0 Å². The van der Waals surface area contributed by atoms with Crippen molar-refractivity contribution in [1.29, 1.82) is 0 Å². The lowest BCUT2D eigenvalue weighted by Crippen LogP contribution is -2.46. The number of fused-ring (bicyclic) bond motifs is 1. The van der Waals surface area contributed by atoms with Gasteiger partial charge in [-0.15, -0.1) is 0 Å². The molecule has 4 amide bonds. The minimum Gasteiger partial charge on any atom is -0.361 e. The molecular weight excluding hydrogens is 344 g/mol. The fourth-order valence-corrected chi connectivity index (χ4v) is 3.88. The standard InChI is InChI=1S/C20H24N4O3/c1-13-6-8-23(9-7-13)18(25)12-24-19(26)17(22-20(24)27)10-14-11-21-16-5-3-2-4-15(14)16/h2-5,11,13,17,21H,6-10,12H2,1H3,(H,22,27)/t17-/m0/s1. The number of nitrogens with zero attached hydrogens (tertiary/aromatic N) is 2. The van der Waals surface area contributed by atoms with Crippen molar-refractivity contribution < 1.29 is 14.4 Å². The van der Waals surface area contributed by atoms with E-state index in [2.05, 4.69) is 17.2 Å². The van der Waals surface area contributed by atoms with Gasteiger partial charge >= 0.3 is 6.03 Å². The topological polar surface area (TPSA) is 85.5 Å². The van der Waals surface area contributed by atoms with Crippen molar-refractivity contribution in [2.75, 3.05) is 19.6 Å². The molecule has 0 radical (unpaired) electrons. The first-order valence-electron chi connectivity index (χ1n) is 9.47. The molecule has 3 heterocycles. The molecule has 1 aromatic heterocycles. The number of likely N-dealkylation sites (tertiary alicyclic amines) is 1. The molecule has 2 aliphatic heterocycles. The van der Waals surface area contributed by atoms with Crippen molar-refractivity contribution in [1.82, 2.24) is 20.1 Å². The van der Waals surface area contributed by atoms with Gasteiger partial charge < -0.3 is 15.2 Å². The summed E-state index contributed by atoms with van der Waals surface area (Å²) < 4.78 is 0. The van der Waals surface area contributed by atoms with Gasteiger partial charge in [0.2, 0.25) is 5.91 Å². The minimum absolute atomic E-state index is 0.154. The Morgan fingerprint density at radius 2 is 1.93 bits per heavy atom. The molecule has 0 spiro atoms. The molecule has 2 aliphatic rings. The van der Waals surface area contributed by atoms with E-state index in [0.29, 0.717) is 25.4 Å². The lowest BCUT2D eigenvalue weighted by atomic mass is 9.99. The number of hydrogen-bond donors (Lipinski definition) is 2. The molecule has 1 aromatic carbocycles. The largest absolute Gasteiger partial charge is 0.361 e. The number of imide groups is 1. The van der Waals surface area contributed by atoms with E-state index in [9.17, 15) is 14.4 Å². The first-order chi connectivity index (χ1) is 13.0. The number of aromatic amines is 1. The Kier molecular flexibility index (Phi) is 4.59. The van der Waals surface area contributed by atoms with Gasteiger partial charge in [-0.3, -0.25) is 14.5 Å². The lowest BCUT2D eigenvalue weighted by Gasteiger charge is -2.31. The zero-order valence-corrected chi connectivity index (χ0v) is 15.4. The number of carbonyl (C=O) groups is 3. The highest BCUT2D eigenvalue weighted by Gasteiger charge is 2.40. The zero-order valence-electron chi connectivity index (χ0n) is 15.4. The van der Waals surface area contributed by atoms with Crippen LogP contribution in [0.15, 0.2) is 30.5 Å². The molecule has 7 heteroatoms. The Labute approximate surface area is 157 Å². The number of aromatic nitrogens is 1. The summed E-state index contributed by atoms with van der Waals surface area (Å²) in [5, 5.41) is 3.76. The van der Waals surface area contributed by atoms with Gasteiger partial charge in [0.1, 0.15) is 12.6 Å². The van der Waals surface area contributed by atoms with E-state index in [-0.39, 0.29) is 18.4 Å². The van der Waals surface area contributed by atoms with Crippen LogP contribution in [-0.2, 0) is 16.0 Å². The third-order valence-corrected chi connectivity index (χ3v) is 5.64. The van der Waals surface area contributed by atoms with Crippen LogP contribution >= 0.6 is 0 Å². The predicted molar refractivity (Wildman–Crippen MR) is 101 cm³/mol. The van der Waals surface area contributed by atoms with Crippen molar-refractivity contribution >= 4 is 28.7 Å². The second kappa shape index (κ2) is 7.06. The molecule has 0 bridgehead atoms. The van der Waals surface area contributed by atoms with Gasteiger partial charge in [-0.1, -0.05) is 25.1 Å². The van der Waals surface area contributed by atoms with E-state index in [1.165, 1.54) is 0 Å². The van der Waals surface area contributed by atoms with Crippen LogP contribution in [0.5, 0.6) is 0 Å². The number of amides is 4. The molecule has 0 unspecified atom stereocenters. The summed E-state index contributed by atoms with van der Waals surface area (Å²) in [6, 6.07) is 6.73. The van der Waals surface area contributed by atoms with E-state index < -0.39 is 12.1 Å². The number of para-hydroxylation sites is 1. The Morgan fingerprint density at radius 1 is 1.19 bits per heavy atom. The van der Waals surface area contributed by atoms with E-state index in [0.717, 1.165) is 34.2 Å². The Hall–Kier alpha value is -2.83. The first kappa shape index (κ1) is 17.6. The Bertz CT molecular complexity index is 882. The smallest absolute Gasteiger partial charge is 0.325 e. The van der Waals surface area contributed by atoms with Crippen molar-refractivity contribution in [2.45, 2.75) is 32.2 Å². The maximum atomic E-state index is 12.7. The molecule has 0 saturated carbocycles. The molecule has 2 saturated heterocycles. The van der Waals surface area contributed by atoms with Crippen molar-refractivity contribution in [2.24, 2.45) is 5.92 Å². The summed E-state index contributed by atoms with van der Waals surface area (Å²) in [5.41, 5.74) is 1.97. The van der Waals surface area contributed by atoms with Crippen molar-refractivity contribution in [3.8, 4) is 0 Å². The number of carbonyl (C=O) groups excluding carboxylic acids is 3. The van der Waals surface area contributed by atoms with Crippen LogP contribution in [0, 0.1) is 5.92 Å². The van der Waals surface area contributed by atoms with Gasteiger partial charge in [-0.2, -0.15) is 0 Å². The summed E-state index contributed by atoms with van der Waals surface area (Å²) in [4.78, 5) is 43.5. The predicted octanol–water partition coefficient (Wildman–Crippen LogP) is 1.89. The monoisotopic (exact) mass is 368 g/mol. The number of nitrogens with one attached hydrogen (secondary N) is 2. The van der Waals surface area contributed by atoms with Crippen molar-refractivity contribution in [3.05, 3.63) is 36.0 Å². The van der Waals surface area contributed by atoms with Crippen LogP contribution in [0.25, 0.3) is 10.9 Å². The number of hydrogen-bond acceptors (Lipinski definition) is 3. The maximum absolute atomic E-state index is 12.7. The highest BCUT2D eigenvalue weighted by molar-refractivity contribution is 6.06. The number of H-pyrrole nitrogens is 1. The summed E-state index contributed by atoms with van der Waals surface area (Å²) >= 11 is 0. The van der Waals surface area contributed by atoms with Crippen LogP contribution in [-0.4, -0.2) is 58.3 Å². The fourth-order valence-electron chi connectivity index (χ4n) is 3.88. The number of urea groups is 1. The van der Waals surface area contributed by atoms with E-state index in [1.54, 1.807) is 4.90 Å². The van der Waals surface area contributed by atoms with Crippen LogP contribution in [0.3, 0.4) is 0 Å². The van der Waals surface area contributed by atoms with E-state index in [4.69, 9.17) is 0 Å².